The maximum Gasteiger partial charge on any atom is 0.267 e. The first kappa shape index (κ1) is 4.18. The van der Waals surface area contributed by atoms with Gasteiger partial charge in [-0.15, -0.1) is 0 Å². The topological polar surface area (TPSA) is 55.1 Å². The third kappa shape index (κ3) is 0.559. The van der Waals surface area contributed by atoms with Gasteiger partial charge in [-0.05, 0) is 6.08 Å². The molecule has 3 heteroatoms. The third-order valence-corrected chi connectivity index (χ3v) is 0.847. The molecule has 0 aliphatic carbocycles. The van der Waals surface area contributed by atoms with E-state index in [1.807, 2.05) is 0 Å². The van der Waals surface area contributed by atoms with Gasteiger partial charge < -0.3 is 11.1 Å². The molecule has 0 bridgehead atoms. The Morgan fingerprint density at radius 3 is 2.71 bits per heavy atom. The van der Waals surface area contributed by atoms with Crippen molar-refractivity contribution >= 4 is 5.91 Å². The van der Waals surface area contributed by atoms with Crippen molar-refractivity contribution in [1.29, 1.82) is 0 Å². The van der Waals surface area contributed by atoms with Gasteiger partial charge >= 0.3 is 0 Å². The molecule has 0 spiro atoms. The highest BCUT2D eigenvalue weighted by atomic mass is 16.2. The molecule has 0 unspecified atom stereocenters. The number of carbonyl (C=O) groups excluding carboxylic acids is 1. The first-order valence-electron chi connectivity index (χ1n) is 2.04. The van der Waals surface area contributed by atoms with Crippen molar-refractivity contribution in [2.45, 2.75) is 0 Å². The molecule has 1 aliphatic heterocycles. The quantitative estimate of drug-likeness (QED) is 0.406. The summed E-state index contributed by atoms with van der Waals surface area (Å²) in [6.45, 7) is 0.588. The summed E-state index contributed by atoms with van der Waals surface area (Å²) >= 11 is 0. The number of hydrogen-bond donors (Lipinski definition) is 2. The van der Waals surface area contributed by atoms with Crippen molar-refractivity contribution < 1.29 is 4.79 Å². The lowest BCUT2D eigenvalue weighted by atomic mass is 10.5. The molecule has 3 nitrogen and oxygen atoms in total. The molecule has 0 aromatic carbocycles. The van der Waals surface area contributed by atoms with Gasteiger partial charge in [0.2, 0.25) is 0 Å². The SMILES string of the molecule is NC1=CCNC1=O. The van der Waals surface area contributed by atoms with E-state index in [4.69, 9.17) is 5.73 Å². The summed E-state index contributed by atoms with van der Waals surface area (Å²) in [5, 5.41) is 2.51. The van der Waals surface area contributed by atoms with Crippen molar-refractivity contribution in [3.8, 4) is 0 Å². The van der Waals surface area contributed by atoms with E-state index in [9.17, 15) is 4.79 Å². The second-order valence-electron chi connectivity index (χ2n) is 1.37. The van der Waals surface area contributed by atoms with Crippen LogP contribution in [0.15, 0.2) is 11.8 Å². The Kier molecular flexibility index (Phi) is 0.749. The van der Waals surface area contributed by atoms with E-state index in [0.717, 1.165) is 0 Å². The fraction of sp³-hybridized carbons (Fsp3) is 0.250. The summed E-state index contributed by atoms with van der Waals surface area (Å²) in [5.41, 5.74) is 5.46. The Morgan fingerprint density at radius 1 is 1.86 bits per heavy atom. The van der Waals surface area contributed by atoms with Crippen LogP contribution in [0.4, 0.5) is 0 Å². The van der Waals surface area contributed by atoms with Crippen LogP contribution in [-0.4, -0.2) is 12.5 Å². The van der Waals surface area contributed by atoms with Crippen LogP contribution in [0.1, 0.15) is 0 Å². The Balaban J connectivity index is 2.72. The van der Waals surface area contributed by atoms with Crippen LogP contribution in [-0.2, 0) is 4.79 Å². The van der Waals surface area contributed by atoms with Gasteiger partial charge in [-0.1, -0.05) is 0 Å². The highest BCUT2D eigenvalue weighted by molar-refractivity contribution is 5.94. The Labute approximate surface area is 41.2 Å². The Bertz CT molecular complexity index is 128. The van der Waals surface area contributed by atoms with Gasteiger partial charge in [-0.3, -0.25) is 4.79 Å². The van der Waals surface area contributed by atoms with E-state index >= 15 is 0 Å². The average molecular weight is 98.1 g/mol. The van der Waals surface area contributed by atoms with Gasteiger partial charge in [-0.2, -0.15) is 0 Å². The summed E-state index contributed by atoms with van der Waals surface area (Å²) in [6, 6.07) is 0. The fourth-order valence-corrected chi connectivity index (χ4v) is 0.448. The highest BCUT2D eigenvalue weighted by Gasteiger charge is 2.07. The number of rotatable bonds is 0. The predicted molar refractivity (Wildman–Crippen MR) is 25.3 cm³/mol. The van der Waals surface area contributed by atoms with Gasteiger partial charge in [0, 0.05) is 6.54 Å². The van der Waals surface area contributed by atoms with Crippen LogP contribution in [0.3, 0.4) is 0 Å². The zero-order valence-electron chi connectivity index (χ0n) is 3.77. The normalized spacial score (nSPS) is 18.9. The summed E-state index contributed by atoms with van der Waals surface area (Å²) < 4.78 is 0. The molecule has 38 valence electrons. The van der Waals surface area contributed by atoms with E-state index in [1.54, 1.807) is 6.08 Å². The van der Waals surface area contributed by atoms with Crippen LogP contribution < -0.4 is 11.1 Å². The molecule has 1 rings (SSSR count). The lowest BCUT2D eigenvalue weighted by molar-refractivity contribution is -0.116. The lowest BCUT2D eigenvalue weighted by Crippen LogP contribution is -2.20. The van der Waals surface area contributed by atoms with Crippen LogP contribution >= 0.6 is 0 Å². The van der Waals surface area contributed by atoms with E-state index in [-0.39, 0.29) is 5.91 Å². The average Bonchev–Trinajstić information content (AvgIpc) is 1.91. The van der Waals surface area contributed by atoms with Gasteiger partial charge in [-0.25, -0.2) is 0 Å². The number of amides is 1. The van der Waals surface area contributed by atoms with Crippen LogP contribution in [0.2, 0.25) is 0 Å². The second-order valence-corrected chi connectivity index (χ2v) is 1.37. The number of nitrogens with one attached hydrogen (secondary N) is 1. The first-order valence-corrected chi connectivity index (χ1v) is 2.04. The Morgan fingerprint density at radius 2 is 2.57 bits per heavy atom. The number of carbonyl (C=O) groups is 1. The maximum atomic E-state index is 10.3. The minimum Gasteiger partial charge on any atom is -0.394 e. The van der Waals surface area contributed by atoms with Crippen molar-refractivity contribution in [2.24, 2.45) is 5.73 Å². The standard InChI is InChI=1S/C4H6N2O/c5-3-1-2-6-4(3)7/h1H,2,5H2,(H,6,7). The lowest BCUT2D eigenvalue weighted by Gasteiger charge is -1.86. The highest BCUT2D eigenvalue weighted by Crippen LogP contribution is 1.88. The predicted octanol–water partition coefficient (Wildman–Crippen LogP) is -1.04. The summed E-state index contributed by atoms with van der Waals surface area (Å²) in [6.07, 6.45) is 1.66. The minimum absolute atomic E-state index is 0.153. The molecule has 1 heterocycles. The molecule has 0 aromatic rings. The molecule has 7 heavy (non-hydrogen) atoms. The zero-order valence-corrected chi connectivity index (χ0v) is 3.77. The van der Waals surface area contributed by atoms with Crippen LogP contribution in [0, 0.1) is 0 Å². The van der Waals surface area contributed by atoms with E-state index in [0.29, 0.717) is 12.2 Å². The van der Waals surface area contributed by atoms with Crippen molar-refractivity contribution in [3.63, 3.8) is 0 Å². The molecule has 0 saturated heterocycles. The molecule has 3 N–H and O–H groups in total. The molecule has 0 fully saturated rings. The van der Waals surface area contributed by atoms with E-state index < -0.39 is 0 Å². The molecule has 1 aliphatic rings. The van der Waals surface area contributed by atoms with E-state index in [2.05, 4.69) is 5.32 Å². The van der Waals surface area contributed by atoms with Gasteiger partial charge in [0.1, 0.15) is 0 Å². The van der Waals surface area contributed by atoms with Crippen LogP contribution in [0.25, 0.3) is 0 Å². The maximum absolute atomic E-state index is 10.3. The molecular weight excluding hydrogens is 92.1 g/mol. The summed E-state index contributed by atoms with van der Waals surface area (Å²) in [7, 11) is 0. The first-order chi connectivity index (χ1) is 3.30. The van der Waals surface area contributed by atoms with Crippen molar-refractivity contribution in [3.05, 3.63) is 11.8 Å². The van der Waals surface area contributed by atoms with E-state index in [1.165, 1.54) is 0 Å². The summed E-state index contributed by atoms with van der Waals surface area (Å²) in [4.78, 5) is 10.3. The molecule has 0 aromatic heterocycles. The zero-order chi connectivity index (χ0) is 5.28. The summed E-state index contributed by atoms with van der Waals surface area (Å²) in [5.74, 6) is -0.153. The molecule has 1 amide bonds. The number of nitrogens with two attached hydrogens (primary N) is 1. The largest absolute Gasteiger partial charge is 0.394 e. The molecule has 0 saturated carbocycles. The minimum atomic E-state index is -0.153. The van der Waals surface area contributed by atoms with Crippen molar-refractivity contribution in [2.75, 3.05) is 6.54 Å². The van der Waals surface area contributed by atoms with Gasteiger partial charge in [0.05, 0.1) is 5.70 Å². The smallest absolute Gasteiger partial charge is 0.267 e. The molecular formula is C4H6N2O. The third-order valence-electron chi connectivity index (χ3n) is 0.847. The van der Waals surface area contributed by atoms with Gasteiger partial charge in [0.25, 0.3) is 5.91 Å². The van der Waals surface area contributed by atoms with Crippen LogP contribution in [0.5, 0.6) is 0 Å². The van der Waals surface area contributed by atoms with Crippen molar-refractivity contribution in [1.82, 2.24) is 5.32 Å². The second kappa shape index (κ2) is 1.26. The fourth-order valence-electron chi connectivity index (χ4n) is 0.448. The molecule has 0 radical (unpaired) electrons. The van der Waals surface area contributed by atoms with Gasteiger partial charge in [0.15, 0.2) is 0 Å². The number of hydrogen-bond acceptors (Lipinski definition) is 2. The molecule has 0 atom stereocenters. The Hall–Kier alpha value is -0.990. The monoisotopic (exact) mass is 98.0 g/mol.